The van der Waals surface area contributed by atoms with Gasteiger partial charge in [0.05, 0.1) is 19.8 Å². The van der Waals surface area contributed by atoms with Crippen molar-refractivity contribution in [3.05, 3.63) is 12.7 Å². The van der Waals surface area contributed by atoms with Crippen molar-refractivity contribution >= 4 is 0 Å². The van der Waals surface area contributed by atoms with E-state index in [0.29, 0.717) is 6.04 Å². The maximum atomic E-state index is 5.33. The van der Waals surface area contributed by atoms with Gasteiger partial charge in [-0.1, -0.05) is 0 Å². The van der Waals surface area contributed by atoms with E-state index < -0.39 is 0 Å². The van der Waals surface area contributed by atoms with E-state index in [9.17, 15) is 0 Å². The number of ether oxygens (including phenoxy) is 1. The van der Waals surface area contributed by atoms with Crippen molar-refractivity contribution in [1.29, 1.82) is 0 Å². The number of hydrogen-bond donors (Lipinski definition) is 1. The van der Waals surface area contributed by atoms with E-state index in [1.807, 2.05) is 4.68 Å². The maximum absolute atomic E-state index is 5.33. The van der Waals surface area contributed by atoms with E-state index in [2.05, 4.69) is 27.2 Å². The Labute approximate surface area is 102 Å². The molecule has 1 atom stereocenters. The molecule has 1 N–H and O–H groups in total. The van der Waals surface area contributed by atoms with Crippen LogP contribution in [0.15, 0.2) is 12.7 Å². The zero-order valence-corrected chi connectivity index (χ0v) is 10.4. The van der Waals surface area contributed by atoms with Crippen LogP contribution in [-0.4, -0.2) is 65.1 Å². The molecule has 0 saturated carbocycles. The monoisotopic (exact) mass is 239 g/mol. The highest BCUT2D eigenvalue weighted by Crippen LogP contribution is 1.98. The molecule has 0 spiro atoms. The minimum atomic E-state index is 0.497. The summed E-state index contributed by atoms with van der Waals surface area (Å²) in [5, 5.41) is 7.56. The SMILES string of the molecule is CC(CN1CCOCC1)NCCn1cncn1. The summed E-state index contributed by atoms with van der Waals surface area (Å²) < 4.78 is 7.17. The molecule has 2 rings (SSSR count). The quantitative estimate of drug-likeness (QED) is 0.731. The zero-order valence-electron chi connectivity index (χ0n) is 10.4. The zero-order chi connectivity index (χ0) is 11.9. The van der Waals surface area contributed by atoms with Crippen LogP contribution >= 0.6 is 0 Å². The molecule has 1 fully saturated rings. The Bertz CT molecular complexity index is 297. The Morgan fingerprint density at radius 1 is 1.41 bits per heavy atom. The molecular formula is C11H21N5O. The lowest BCUT2D eigenvalue weighted by molar-refractivity contribution is 0.0344. The third-order valence-electron chi connectivity index (χ3n) is 2.94. The van der Waals surface area contributed by atoms with Gasteiger partial charge in [-0.05, 0) is 6.92 Å². The van der Waals surface area contributed by atoms with E-state index in [4.69, 9.17) is 4.74 Å². The molecule has 0 amide bonds. The van der Waals surface area contributed by atoms with Crippen LogP contribution in [0.3, 0.4) is 0 Å². The largest absolute Gasteiger partial charge is 0.379 e. The lowest BCUT2D eigenvalue weighted by Gasteiger charge is -2.29. The molecular weight excluding hydrogens is 218 g/mol. The fourth-order valence-corrected chi connectivity index (χ4v) is 2.01. The summed E-state index contributed by atoms with van der Waals surface area (Å²) in [6.07, 6.45) is 3.31. The second-order valence-electron chi connectivity index (χ2n) is 4.43. The van der Waals surface area contributed by atoms with Gasteiger partial charge in [0.25, 0.3) is 0 Å². The Morgan fingerprint density at radius 2 is 2.24 bits per heavy atom. The van der Waals surface area contributed by atoms with Crippen LogP contribution in [0, 0.1) is 0 Å². The topological polar surface area (TPSA) is 55.2 Å². The molecule has 1 aliphatic rings. The molecule has 1 saturated heterocycles. The highest BCUT2D eigenvalue weighted by Gasteiger charge is 2.12. The summed E-state index contributed by atoms with van der Waals surface area (Å²) >= 11 is 0. The van der Waals surface area contributed by atoms with Gasteiger partial charge in [0.2, 0.25) is 0 Å². The van der Waals surface area contributed by atoms with Crippen LogP contribution in [0.25, 0.3) is 0 Å². The summed E-state index contributed by atoms with van der Waals surface area (Å²) in [5.74, 6) is 0. The number of rotatable bonds is 6. The van der Waals surface area contributed by atoms with Crippen LogP contribution in [0.1, 0.15) is 6.92 Å². The van der Waals surface area contributed by atoms with Crippen LogP contribution in [0.4, 0.5) is 0 Å². The average molecular weight is 239 g/mol. The van der Waals surface area contributed by atoms with Gasteiger partial charge in [-0.15, -0.1) is 0 Å². The molecule has 0 bridgehead atoms. The Hall–Kier alpha value is -0.980. The molecule has 96 valence electrons. The van der Waals surface area contributed by atoms with E-state index in [0.717, 1.165) is 45.9 Å². The maximum Gasteiger partial charge on any atom is 0.137 e. The standard InChI is InChI=1S/C11H21N5O/c1-11(8-15-4-6-17-7-5-15)13-2-3-16-10-12-9-14-16/h9-11,13H,2-8H2,1H3. The fraction of sp³-hybridized carbons (Fsp3) is 0.818. The van der Waals surface area contributed by atoms with Gasteiger partial charge in [0.15, 0.2) is 0 Å². The van der Waals surface area contributed by atoms with Crippen LogP contribution in [0.5, 0.6) is 0 Å². The van der Waals surface area contributed by atoms with Gasteiger partial charge >= 0.3 is 0 Å². The van der Waals surface area contributed by atoms with Crippen molar-refractivity contribution in [2.24, 2.45) is 0 Å². The van der Waals surface area contributed by atoms with Gasteiger partial charge < -0.3 is 10.1 Å². The van der Waals surface area contributed by atoms with E-state index in [-0.39, 0.29) is 0 Å². The molecule has 0 aromatic carbocycles. The van der Waals surface area contributed by atoms with E-state index in [1.54, 1.807) is 12.7 Å². The predicted octanol–water partition coefficient (Wildman–Crippen LogP) is -0.412. The van der Waals surface area contributed by atoms with Gasteiger partial charge in [0, 0.05) is 32.2 Å². The number of nitrogens with zero attached hydrogens (tertiary/aromatic N) is 4. The van der Waals surface area contributed by atoms with Gasteiger partial charge in [-0.3, -0.25) is 9.58 Å². The normalized spacial score (nSPS) is 19.4. The van der Waals surface area contributed by atoms with Gasteiger partial charge in [-0.2, -0.15) is 5.10 Å². The molecule has 2 heterocycles. The fourth-order valence-electron chi connectivity index (χ4n) is 2.01. The second kappa shape index (κ2) is 6.68. The minimum absolute atomic E-state index is 0.497. The van der Waals surface area contributed by atoms with Crippen molar-refractivity contribution < 1.29 is 4.74 Å². The highest BCUT2D eigenvalue weighted by atomic mass is 16.5. The molecule has 0 aliphatic carbocycles. The first-order valence-corrected chi connectivity index (χ1v) is 6.20. The molecule has 1 unspecified atom stereocenters. The van der Waals surface area contributed by atoms with E-state index >= 15 is 0 Å². The first kappa shape index (κ1) is 12.5. The molecule has 0 radical (unpaired) electrons. The lowest BCUT2D eigenvalue weighted by atomic mass is 10.3. The van der Waals surface area contributed by atoms with Crippen molar-refractivity contribution in [3.63, 3.8) is 0 Å². The molecule has 6 heteroatoms. The Morgan fingerprint density at radius 3 is 2.94 bits per heavy atom. The summed E-state index contributed by atoms with van der Waals surface area (Å²) in [6.45, 7) is 8.93. The Kier molecular flexibility index (Phi) is 4.90. The molecule has 6 nitrogen and oxygen atoms in total. The molecule has 17 heavy (non-hydrogen) atoms. The highest BCUT2D eigenvalue weighted by molar-refractivity contribution is 4.70. The summed E-state index contributed by atoms with van der Waals surface area (Å²) in [4.78, 5) is 6.36. The number of morpholine rings is 1. The first-order chi connectivity index (χ1) is 8.34. The first-order valence-electron chi connectivity index (χ1n) is 6.20. The number of hydrogen-bond acceptors (Lipinski definition) is 5. The van der Waals surface area contributed by atoms with Crippen molar-refractivity contribution in [3.8, 4) is 0 Å². The minimum Gasteiger partial charge on any atom is -0.379 e. The summed E-state index contributed by atoms with van der Waals surface area (Å²) in [6, 6.07) is 0.497. The summed E-state index contributed by atoms with van der Waals surface area (Å²) in [7, 11) is 0. The average Bonchev–Trinajstić information content (AvgIpc) is 2.83. The number of nitrogens with one attached hydrogen (secondary N) is 1. The third kappa shape index (κ3) is 4.41. The lowest BCUT2D eigenvalue weighted by Crippen LogP contribution is -2.45. The smallest absolute Gasteiger partial charge is 0.137 e. The number of aromatic nitrogens is 3. The summed E-state index contributed by atoms with van der Waals surface area (Å²) in [5.41, 5.74) is 0. The third-order valence-corrected chi connectivity index (χ3v) is 2.94. The molecule has 1 aromatic rings. The predicted molar refractivity (Wildman–Crippen MR) is 64.7 cm³/mol. The van der Waals surface area contributed by atoms with Crippen LogP contribution in [0.2, 0.25) is 0 Å². The van der Waals surface area contributed by atoms with Crippen molar-refractivity contribution in [2.75, 3.05) is 39.4 Å². The second-order valence-corrected chi connectivity index (χ2v) is 4.43. The van der Waals surface area contributed by atoms with Crippen LogP contribution in [-0.2, 0) is 11.3 Å². The molecule has 1 aromatic heterocycles. The van der Waals surface area contributed by atoms with Crippen molar-refractivity contribution in [2.45, 2.75) is 19.5 Å². The van der Waals surface area contributed by atoms with Gasteiger partial charge in [-0.25, -0.2) is 4.98 Å². The molecule has 1 aliphatic heterocycles. The van der Waals surface area contributed by atoms with E-state index in [1.165, 1.54) is 0 Å². The van der Waals surface area contributed by atoms with Gasteiger partial charge in [0.1, 0.15) is 12.7 Å². The Balaban J connectivity index is 1.58. The van der Waals surface area contributed by atoms with Crippen molar-refractivity contribution in [1.82, 2.24) is 25.0 Å². The van der Waals surface area contributed by atoms with Crippen LogP contribution < -0.4 is 5.32 Å².